The molecule has 0 aromatic heterocycles. The second-order valence-corrected chi connectivity index (χ2v) is 10.2. The zero-order valence-corrected chi connectivity index (χ0v) is 21.2. The van der Waals surface area contributed by atoms with Gasteiger partial charge in [-0.25, -0.2) is 0 Å². The maximum atomic E-state index is 9.48. The molecule has 5 rings (SSSR count). The van der Waals surface area contributed by atoms with E-state index in [2.05, 4.69) is 66.4 Å². The number of hydrogen-bond acceptors (Lipinski definition) is 5. The zero-order chi connectivity index (χ0) is 24.9. The molecule has 0 unspecified atom stereocenters. The molecule has 2 aliphatic heterocycles. The summed E-state index contributed by atoms with van der Waals surface area (Å²) in [4.78, 5) is 2.55. The lowest BCUT2D eigenvalue weighted by atomic mass is 9.89. The molecule has 0 radical (unpaired) electrons. The summed E-state index contributed by atoms with van der Waals surface area (Å²) >= 11 is 0. The molecule has 190 valence electrons. The minimum Gasteiger partial charge on any atom is -0.392 e. The van der Waals surface area contributed by atoms with Gasteiger partial charge in [0.05, 0.1) is 18.8 Å². The summed E-state index contributed by atoms with van der Waals surface area (Å²) in [6.07, 6.45) is 3.41. The summed E-state index contributed by atoms with van der Waals surface area (Å²) in [7, 11) is 0. The number of rotatable bonds is 7. The number of ether oxygens (including phenoxy) is 2. The van der Waals surface area contributed by atoms with Gasteiger partial charge in [0.2, 0.25) is 0 Å². The van der Waals surface area contributed by atoms with Crippen molar-refractivity contribution in [2.24, 2.45) is 11.7 Å². The SMILES string of the molecule is C[C@H]1[C@@H](CN2CCCCC2)O[C@@H](c2ccc(-c3ccccc3CN)cc2)O[C@H]1c1ccc(CO)cc1. The smallest absolute Gasteiger partial charge is 0.184 e. The van der Waals surface area contributed by atoms with Crippen molar-refractivity contribution in [3.63, 3.8) is 0 Å². The van der Waals surface area contributed by atoms with E-state index in [0.717, 1.165) is 53.0 Å². The van der Waals surface area contributed by atoms with Gasteiger partial charge < -0.3 is 25.2 Å². The summed E-state index contributed by atoms with van der Waals surface area (Å²) in [6.45, 7) is 6.01. The van der Waals surface area contributed by atoms with Crippen LogP contribution in [0.1, 0.15) is 60.8 Å². The van der Waals surface area contributed by atoms with Crippen molar-refractivity contribution in [2.45, 2.75) is 57.8 Å². The summed E-state index contributed by atoms with van der Waals surface area (Å²) < 4.78 is 13.3. The van der Waals surface area contributed by atoms with Gasteiger partial charge in [-0.2, -0.15) is 0 Å². The van der Waals surface area contributed by atoms with Crippen LogP contribution in [0.15, 0.2) is 72.8 Å². The highest BCUT2D eigenvalue weighted by Crippen LogP contribution is 2.42. The van der Waals surface area contributed by atoms with Crippen LogP contribution in [0.2, 0.25) is 0 Å². The maximum Gasteiger partial charge on any atom is 0.184 e. The van der Waals surface area contributed by atoms with Gasteiger partial charge in [-0.1, -0.05) is 86.1 Å². The van der Waals surface area contributed by atoms with Gasteiger partial charge in [0, 0.05) is 24.6 Å². The Morgan fingerprint density at radius 3 is 2.25 bits per heavy atom. The quantitative estimate of drug-likeness (QED) is 0.456. The highest BCUT2D eigenvalue weighted by molar-refractivity contribution is 5.67. The highest BCUT2D eigenvalue weighted by atomic mass is 16.7. The topological polar surface area (TPSA) is 68.0 Å². The van der Waals surface area contributed by atoms with Crippen LogP contribution in [0.3, 0.4) is 0 Å². The van der Waals surface area contributed by atoms with Crippen LogP contribution >= 0.6 is 0 Å². The Morgan fingerprint density at radius 1 is 0.861 bits per heavy atom. The molecule has 3 N–H and O–H groups in total. The number of piperidine rings is 1. The molecule has 5 nitrogen and oxygen atoms in total. The third kappa shape index (κ3) is 5.56. The van der Waals surface area contributed by atoms with Crippen LogP contribution < -0.4 is 5.73 Å². The predicted octanol–water partition coefficient (Wildman–Crippen LogP) is 5.58. The second-order valence-electron chi connectivity index (χ2n) is 10.2. The van der Waals surface area contributed by atoms with Crippen molar-refractivity contribution in [1.82, 2.24) is 4.90 Å². The van der Waals surface area contributed by atoms with E-state index in [-0.39, 0.29) is 24.7 Å². The van der Waals surface area contributed by atoms with Crippen molar-refractivity contribution in [3.05, 3.63) is 95.1 Å². The molecule has 3 aromatic carbocycles. The molecule has 3 aromatic rings. The molecule has 0 aliphatic carbocycles. The van der Waals surface area contributed by atoms with Gasteiger partial charge in [0.1, 0.15) is 0 Å². The van der Waals surface area contributed by atoms with Gasteiger partial charge in [0.15, 0.2) is 6.29 Å². The molecule has 4 atom stereocenters. The van der Waals surface area contributed by atoms with E-state index >= 15 is 0 Å². The normalized spacial score (nSPS) is 25.1. The van der Waals surface area contributed by atoms with E-state index in [1.165, 1.54) is 19.3 Å². The molecule has 0 spiro atoms. The average Bonchev–Trinajstić information content (AvgIpc) is 2.95. The second kappa shape index (κ2) is 11.7. The van der Waals surface area contributed by atoms with Crippen LogP contribution in [0, 0.1) is 5.92 Å². The Hall–Kier alpha value is -2.54. The van der Waals surface area contributed by atoms with Crippen LogP contribution in [0.25, 0.3) is 11.1 Å². The summed E-state index contributed by atoms with van der Waals surface area (Å²) in [5.41, 5.74) is 12.5. The number of nitrogens with zero attached hydrogens (tertiary/aromatic N) is 1. The lowest BCUT2D eigenvalue weighted by Gasteiger charge is -2.43. The fourth-order valence-corrected chi connectivity index (χ4v) is 5.52. The van der Waals surface area contributed by atoms with E-state index in [9.17, 15) is 5.11 Å². The Kier molecular flexibility index (Phi) is 8.15. The maximum absolute atomic E-state index is 9.48. The zero-order valence-electron chi connectivity index (χ0n) is 21.2. The van der Waals surface area contributed by atoms with E-state index in [1.807, 2.05) is 18.2 Å². The first-order chi connectivity index (χ1) is 17.7. The summed E-state index contributed by atoms with van der Waals surface area (Å²) in [5.74, 6) is 0.207. The van der Waals surface area contributed by atoms with E-state index in [0.29, 0.717) is 6.54 Å². The third-order valence-electron chi connectivity index (χ3n) is 7.74. The van der Waals surface area contributed by atoms with Crippen molar-refractivity contribution in [1.29, 1.82) is 0 Å². The fraction of sp³-hybridized carbons (Fsp3) is 0.419. The van der Waals surface area contributed by atoms with Gasteiger partial charge >= 0.3 is 0 Å². The first kappa shape index (κ1) is 25.1. The number of nitrogens with two attached hydrogens (primary N) is 1. The Labute approximate surface area is 214 Å². The molecule has 0 amide bonds. The number of hydrogen-bond donors (Lipinski definition) is 2. The van der Waals surface area contributed by atoms with Crippen molar-refractivity contribution >= 4 is 0 Å². The molecule has 2 fully saturated rings. The molecule has 2 saturated heterocycles. The van der Waals surface area contributed by atoms with Crippen molar-refractivity contribution < 1.29 is 14.6 Å². The Morgan fingerprint density at radius 2 is 1.56 bits per heavy atom. The summed E-state index contributed by atoms with van der Waals surface area (Å²) in [6, 6.07) is 24.9. The minimum atomic E-state index is -0.433. The first-order valence-electron chi connectivity index (χ1n) is 13.3. The molecule has 36 heavy (non-hydrogen) atoms. The van der Waals surface area contributed by atoms with E-state index < -0.39 is 6.29 Å². The predicted molar refractivity (Wildman–Crippen MR) is 143 cm³/mol. The fourth-order valence-electron chi connectivity index (χ4n) is 5.52. The minimum absolute atomic E-state index is 0.0459. The lowest BCUT2D eigenvalue weighted by molar-refractivity contribution is -0.276. The van der Waals surface area contributed by atoms with Gasteiger partial charge in [-0.3, -0.25) is 0 Å². The third-order valence-corrected chi connectivity index (χ3v) is 7.74. The number of aliphatic hydroxyl groups is 1. The first-order valence-corrected chi connectivity index (χ1v) is 13.3. The Balaban J connectivity index is 1.40. The van der Waals surface area contributed by atoms with Crippen molar-refractivity contribution in [2.75, 3.05) is 19.6 Å². The largest absolute Gasteiger partial charge is 0.392 e. The lowest BCUT2D eigenvalue weighted by Crippen LogP contribution is -2.45. The number of benzene rings is 3. The molecule has 2 aliphatic rings. The standard InChI is InChI=1S/C31H38N2O3/c1-22-29(20-33-17-5-2-6-18-33)35-31(36-30(22)25-11-9-23(21-34)10-12-25)26-15-13-24(14-16-26)28-8-4-3-7-27(28)19-32/h3-4,7-16,22,29-31,34H,2,5-6,17-21,32H2,1H3/t22-,29+,30+,31+/m0/s1. The number of likely N-dealkylation sites (tertiary alicyclic amines) is 1. The van der Waals surface area contributed by atoms with Crippen LogP contribution in [0.5, 0.6) is 0 Å². The molecule has 5 heteroatoms. The molecule has 2 heterocycles. The monoisotopic (exact) mass is 486 g/mol. The molecule has 0 bridgehead atoms. The summed E-state index contributed by atoms with van der Waals surface area (Å²) in [5, 5.41) is 9.48. The van der Waals surface area contributed by atoms with E-state index in [1.54, 1.807) is 0 Å². The number of aliphatic hydroxyl groups excluding tert-OH is 1. The van der Waals surface area contributed by atoms with Crippen LogP contribution in [0.4, 0.5) is 0 Å². The molecular weight excluding hydrogens is 448 g/mol. The van der Waals surface area contributed by atoms with E-state index in [4.69, 9.17) is 15.2 Å². The highest BCUT2D eigenvalue weighted by Gasteiger charge is 2.39. The Bertz CT molecular complexity index is 1110. The van der Waals surface area contributed by atoms with Crippen LogP contribution in [-0.4, -0.2) is 35.7 Å². The molecular formula is C31H38N2O3. The van der Waals surface area contributed by atoms with Gasteiger partial charge in [-0.15, -0.1) is 0 Å². The van der Waals surface area contributed by atoms with Crippen LogP contribution in [-0.2, 0) is 22.6 Å². The van der Waals surface area contributed by atoms with Crippen molar-refractivity contribution in [3.8, 4) is 11.1 Å². The average molecular weight is 487 g/mol. The molecule has 0 saturated carbocycles. The van der Waals surface area contributed by atoms with Gasteiger partial charge in [-0.05, 0) is 53.7 Å². The van der Waals surface area contributed by atoms with Gasteiger partial charge in [0.25, 0.3) is 0 Å².